The van der Waals surface area contributed by atoms with E-state index < -0.39 is 5.91 Å². The summed E-state index contributed by atoms with van der Waals surface area (Å²) in [7, 11) is 3.26. The Kier molecular flexibility index (Phi) is 4.70. The first-order valence-electron chi connectivity index (χ1n) is 5.03. The SMILES string of the molecule is Cc1c(C(=O)N(C)C)sc(NC(=O)CCl)c1C#N. The molecule has 0 atom stereocenters. The molecular formula is C11H12ClN3O2S. The summed E-state index contributed by atoms with van der Waals surface area (Å²) in [6.07, 6.45) is 0. The van der Waals surface area contributed by atoms with Crippen molar-refractivity contribution in [2.45, 2.75) is 6.92 Å². The van der Waals surface area contributed by atoms with Crippen molar-refractivity contribution in [2.75, 3.05) is 25.3 Å². The molecule has 0 aliphatic carbocycles. The Balaban J connectivity index is 3.22. The number of thiophene rings is 1. The number of nitrogens with zero attached hydrogens (tertiary/aromatic N) is 2. The van der Waals surface area contributed by atoms with Crippen LogP contribution < -0.4 is 5.32 Å². The molecule has 2 amide bonds. The van der Waals surface area contributed by atoms with Gasteiger partial charge >= 0.3 is 0 Å². The van der Waals surface area contributed by atoms with Crippen molar-refractivity contribution in [2.24, 2.45) is 0 Å². The first-order valence-corrected chi connectivity index (χ1v) is 6.38. The van der Waals surface area contributed by atoms with Crippen LogP contribution in [-0.4, -0.2) is 36.7 Å². The van der Waals surface area contributed by atoms with Crippen molar-refractivity contribution >= 4 is 39.8 Å². The quantitative estimate of drug-likeness (QED) is 0.861. The second kappa shape index (κ2) is 5.85. The molecule has 1 aromatic rings. The molecule has 18 heavy (non-hydrogen) atoms. The number of rotatable bonds is 3. The molecule has 1 aromatic heterocycles. The van der Waals surface area contributed by atoms with E-state index in [1.807, 2.05) is 6.07 Å². The predicted octanol–water partition coefficient (Wildman–Crippen LogP) is 1.81. The van der Waals surface area contributed by atoms with Crippen LogP contribution in [0.15, 0.2) is 0 Å². The summed E-state index contributed by atoms with van der Waals surface area (Å²) in [5.41, 5.74) is 0.884. The second-order valence-corrected chi connectivity index (χ2v) is 5.04. The van der Waals surface area contributed by atoms with Crippen LogP contribution in [0.4, 0.5) is 5.00 Å². The first kappa shape index (κ1) is 14.5. The predicted molar refractivity (Wildman–Crippen MR) is 71.1 cm³/mol. The largest absolute Gasteiger partial charge is 0.344 e. The Hall–Kier alpha value is -1.58. The van der Waals surface area contributed by atoms with Crippen LogP contribution in [-0.2, 0) is 4.79 Å². The number of nitrogens with one attached hydrogen (secondary N) is 1. The maximum atomic E-state index is 11.9. The lowest BCUT2D eigenvalue weighted by Gasteiger charge is -2.08. The Morgan fingerprint density at radius 3 is 2.56 bits per heavy atom. The van der Waals surface area contributed by atoms with Crippen molar-refractivity contribution in [3.8, 4) is 6.07 Å². The lowest BCUT2D eigenvalue weighted by atomic mass is 10.1. The van der Waals surface area contributed by atoms with Gasteiger partial charge in [-0.25, -0.2) is 0 Å². The van der Waals surface area contributed by atoms with Crippen molar-refractivity contribution < 1.29 is 9.59 Å². The van der Waals surface area contributed by atoms with Crippen molar-refractivity contribution in [3.63, 3.8) is 0 Å². The Labute approximate surface area is 114 Å². The molecule has 0 radical (unpaired) electrons. The van der Waals surface area contributed by atoms with Crippen LogP contribution in [0.25, 0.3) is 0 Å². The molecule has 1 N–H and O–H groups in total. The summed E-state index contributed by atoms with van der Waals surface area (Å²) in [6, 6.07) is 1.99. The van der Waals surface area contributed by atoms with Gasteiger partial charge in [0.15, 0.2) is 0 Å². The van der Waals surface area contributed by atoms with E-state index in [0.717, 1.165) is 11.3 Å². The summed E-state index contributed by atoms with van der Waals surface area (Å²) in [5.74, 6) is -0.794. The molecule has 1 rings (SSSR count). The minimum Gasteiger partial charge on any atom is -0.344 e. The minimum atomic E-state index is -0.404. The number of hydrogen-bond acceptors (Lipinski definition) is 4. The normalized spacial score (nSPS) is 9.72. The number of nitriles is 1. The van der Waals surface area contributed by atoms with E-state index >= 15 is 0 Å². The number of alkyl halides is 1. The zero-order valence-corrected chi connectivity index (χ0v) is 11.8. The molecular weight excluding hydrogens is 274 g/mol. The van der Waals surface area contributed by atoms with Gasteiger partial charge in [-0.3, -0.25) is 9.59 Å². The van der Waals surface area contributed by atoms with Gasteiger partial charge in [0.1, 0.15) is 17.0 Å². The van der Waals surface area contributed by atoms with Crippen LogP contribution in [0.2, 0.25) is 0 Å². The molecule has 1 heterocycles. The molecule has 5 nitrogen and oxygen atoms in total. The Morgan fingerprint density at radius 2 is 2.11 bits per heavy atom. The number of carbonyl (C=O) groups excluding carboxylic acids is 2. The summed E-state index contributed by atoms with van der Waals surface area (Å²) in [4.78, 5) is 25.0. The lowest BCUT2D eigenvalue weighted by molar-refractivity contribution is -0.113. The fraction of sp³-hybridized carbons (Fsp3) is 0.364. The van der Waals surface area contributed by atoms with Gasteiger partial charge in [0.05, 0.1) is 10.4 Å². The fourth-order valence-electron chi connectivity index (χ4n) is 1.30. The molecule has 0 saturated heterocycles. The smallest absolute Gasteiger partial charge is 0.263 e. The number of hydrogen-bond donors (Lipinski definition) is 1. The van der Waals surface area contributed by atoms with Gasteiger partial charge in [-0.15, -0.1) is 22.9 Å². The highest BCUT2D eigenvalue weighted by Gasteiger charge is 2.22. The van der Waals surface area contributed by atoms with Gasteiger partial charge < -0.3 is 10.2 Å². The van der Waals surface area contributed by atoms with E-state index in [1.165, 1.54) is 4.90 Å². The van der Waals surface area contributed by atoms with Crippen molar-refractivity contribution in [3.05, 3.63) is 16.0 Å². The maximum absolute atomic E-state index is 11.9. The average molecular weight is 286 g/mol. The number of anilines is 1. The number of amides is 2. The van der Waals surface area contributed by atoms with Crippen LogP contribution >= 0.6 is 22.9 Å². The molecule has 0 unspecified atom stereocenters. The van der Waals surface area contributed by atoms with Crippen LogP contribution in [0.5, 0.6) is 0 Å². The molecule has 96 valence electrons. The molecule has 0 saturated carbocycles. The summed E-state index contributed by atoms with van der Waals surface area (Å²) < 4.78 is 0. The number of halogens is 1. The molecule has 0 fully saturated rings. The van der Waals surface area contributed by atoms with E-state index in [2.05, 4.69) is 5.32 Å². The standard InChI is InChI=1S/C11H12ClN3O2S/c1-6-7(5-13)10(14-8(16)4-12)18-9(6)11(17)15(2)3/h4H2,1-3H3,(H,14,16). The van der Waals surface area contributed by atoms with E-state index in [1.54, 1.807) is 21.0 Å². The third kappa shape index (κ3) is 2.81. The summed E-state index contributed by atoms with van der Waals surface area (Å²) in [5, 5.41) is 12.0. The minimum absolute atomic E-state index is 0.194. The maximum Gasteiger partial charge on any atom is 0.263 e. The third-order valence-corrected chi connectivity index (χ3v) is 3.67. The van der Waals surface area contributed by atoms with E-state index in [-0.39, 0.29) is 11.8 Å². The molecule has 0 aromatic carbocycles. The third-order valence-electron chi connectivity index (χ3n) is 2.23. The van der Waals surface area contributed by atoms with E-state index in [0.29, 0.717) is 21.0 Å². The zero-order valence-electron chi connectivity index (χ0n) is 10.2. The second-order valence-electron chi connectivity index (χ2n) is 3.75. The molecule has 0 aliphatic heterocycles. The highest BCUT2D eigenvalue weighted by atomic mass is 35.5. The van der Waals surface area contributed by atoms with Gasteiger partial charge in [-0.1, -0.05) is 0 Å². The summed E-state index contributed by atoms with van der Waals surface area (Å²) in [6.45, 7) is 1.68. The van der Waals surface area contributed by atoms with Crippen LogP contribution in [0, 0.1) is 18.3 Å². The fourth-order valence-corrected chi connectivity index (χ4v) is 2.56. The van der Waals surface area contributed by atoms with Gasteiger partial charge in [-0.05, 0) is 12.5 Å². The van der Waals surface area contributed by atoms with E-state index in [9.17, 15) is 9.59 Å². The Bertz CT molecular complexity index is 531. The molecule has 0 aliphatic rings. The molecule has 7 heteroatoms. The highest BCUT2D eigenvalue weighted by molar-refractivity contribution is 7.18. The monoisotopic (exact) mass is 285 g/mol. The molecule has 0 spiro atoms. The highest BCUT2D eigenvalue weighted by Crippen LogP contribution is 2.33. The van der Waals surface area contributed by atoms with Crippen LogP contribution in [0.1, 0.15) is 20.8 Å². The van der Waals surface area contributed by atoms with Crippen molar-refractivity contribution in [1.82, 2.24) is 4.90 Å². The van der Waals surface area contributed by atoms with Gasteiger partial charge in [0.25, 0.3) is 5.91 Å². The van der Waals surface area contributed by atoms with Gasteiger partial charge in [0, 0.05) is 14.1 Å². The van der Waals surface area contributed by atoms with Gasteiger partial charge in [-0.2, -0.15) is 5.26 Å². The zero-order chi connectivity index (χ0) is 13.9. The van der Waals surface area contributed by atoms with Gasteiger partial charge in [0.2, 0.25) is 5.91 Å². The van der Waals surface area contributed by atoms with Crippen LogP contribution in [0.3, 0.4) is 0 Å². The topological polar surface area (TPSA) is 73.2 Å². The van der Waals surface area contributed by atoms with E-state index in [4.69, 9.17) is 16.9 Å². The summed E-state index contributed by atoms with van der Waals surface area (Å²) >= 11 is 6.48. The van der Waals surface area contributed by atoms with Crippen molar-refractivity contribution in [1.29, 1.82) is 5.26 Å². The lowest BCUT2D eigenvalue weighted by Crippen LogP contribution is -2.21. The first-order chi connectivity index (χ1) is 8.42. The Morgan fingerprint density at radius 1 is 1.50 bits per heavy atom. The number of carbonyl (C=O) groups is 2. The molecule has 0 bridgehead atoms. The average Bonchev–Trinajstić information content (AvgIpc) is 2.64.